The van der Waals surface area contributed by atoms with Gasteiger partial charge >= 0.3 is 0 Å². The van der Waals surface area contributed by atoms with Gasteiger partial charge in [0.1, 0.15) is 0 Å². The predicted octanol–water partition coefficient (Wildman–Crippen LogP) is 2.16. The van der Waals surface area contributed by atoms with E-state index in [2.05, 4.69) is 0 Å². The molecule has 0 fully saturated rings. The zero-order valence-electron chi connectivity index (χ0n) is 13.0. The Balaban J connectivity index is 3.32. The maximum atomic E-state index is 12.6. The second-order valence-electron chi connectivity index (χ2n) is 5.94. The van der Waals surface area contributed by atoms with Crippen molar-refractivity contribution in [1.82, 2.24) is 4.31 Å². The number of benzene rings is 1. The second-order valence-corrected chi connectivity index (χ2v) is 8.39. The highest BCUT2D eigenvalue weighted by molar-refractivity contribution is 7.89. The molecule has 0 saturated heterocycles. The molecule has 1 aromatic rings. The van der Waals surface area contributed by atoms with Crippen LogP contribution in [0, 0.1) is 22.5 Å². The van der Waals surface area contributed by atoms with Gasteiger partial charge in [0.2, 0.25) is 10.0 Å². The van der Waals surface area contributed by atoms with E-state index in [4.69, 9.17) is 17.3 Å². The summed E-state index contributed by atoms with van der Waals surface area (Å²) in [4.78, 5) is 10.2. The number of halogens is 1. The second kappa shape index (κ2) is 6.49. The van der Waals surface area contributed by atoms with Crippen LogP contribution >= 0.6 is 11.6 Å². The number of nitro benzene ring substituents is 1. The van der Waals surface area contributed by atoms with E-state index in [1.165, 1.54) is 20.0 Å². The smallest absolute Gasteiger partial charge is 0.275 e. The first-order chi connectivity index (χ1) is 9.92. The van der Waals surface area contributed by atoms with Gasteiger partial charge in [-0.15, -0.1) is 0 Å². The first-order valence-corrected chi connectivity index (χ1v) is 8.35. The minimum absolute atomic E-state index is 0.0410. The molecule has 0 atom stereocenters. The van der Waals surface area contributed by atoms with Crippen molar-refractivity contribution in [1.29, 1.82) is 0 Å². The fraction of sp³-hybridized carbons (Fsp3) is 0.538. The Morgan fingerprint density at radius 2 is 1.95 bits per heavy atom. The molecule has 0 aliphatic rings. The van der Waals surface area contributed by atoms with Crippen LogP contribution in [0.4, 0.5) is 5.69 Å². The number of rotatable bonds is 6. The van der Waals surface area contributed by atoms with E-state index in [1.54, 1.807) is 0 Å². The zero-order valence-corrected chi connectivity index (χ0v) is 14.5. The van der Waals surface area contributed by atoms with Gasteiger partial charge in [-0.25, -0.2) is 12.7 Å². The molecule has 0 aromatic heterocycles. The fourth-order valence-corrected chi connectivity index (χ4v) is 3.60. The van der Waals surface area contributed by atoms with E-state index in [-0.39, 0.29) is 27.7 Å². The Morgan fingerprint density at radius 1 is 1.41 bits per heavy atom. The normalized spacial score (nSPS) is 12.7. The van der Waals surface area contributed by atoms with E-state index >= 15 is 0 Å². The number of nitro groups is 1. The monoisotopic (exact) mass is 349 g/mol. The molecular formula is C13H20ClN3O4S. The highest BCUT2D eigenvalue weighted by atomic mass is 35.5. The molecular weight excluding hydrogens is 330 g/mol. The molecule has 0 bridgehead atoms. The van der Waals surface area contributed by atoms with Crippen LogP contribution in [0.3, 0.4) is 0 Å². The van der Waals surface area contributed by atoms with E-state index < -0.39 is 20.4 Å². The number of hydrogen-bond donors (Lipinski definition) is 1. The van der Waals surface area contributed by atoms with Crippen molar-refractivity contribution in [3.63, 3.8) is 0 Å². The SMILES string of the molecule is Cc1c(Cl)cc(S(=O)(=O)N(C)CC(C)(C)CN)cc1[N+](=O)[O-]. The Hall–Kier alpha value is -1.22. The van der Waals surface area contributed by atoms with Crippen molar-refractivity contribution < 1.29 is 13.3 Å². The molecule has 0 aliphatic carbocycles. The Kier molecular flexibility index (Phi) is 5.56. The van der Waals surface area contributed by atoms with Crippen molar-refractivity contribution in [2.75, 3.05) is 20.1 Å². The van der Waals surface area contributed by atoms with Crippen LogP contribution in [0.15, 0.2) is 17.0 Å². The summed E-state index contributed by atoms with van der Waals surface area (Å²) in [6.45, 7) is 5.64. The fourth-order valence-electron chi connectivity index (χ4n) is 1.91. The molecule has 9 heteroatoms. The Bertz CT molecular complexity index is 689. The summed E-state index contributed by atoms with van der Waals surface area (Å²) in [7, 11) is -2.48. The molecule has 1 aromatic carbocycles. The first kappa shape index (κ1) is 18.8. The van der Waals surface area contributed by atoms with Gasteiger partial charge in [-0.2, -0.15) is 0 Å². The average Bonchev–Trinajstić information content (AvgIpc) is 2.40. The molecule has 0 unspecified atom stereocenters. The molecule has 0 spiro atoms. The number of nitrogens with two attached hydrogens (primary N) is 1. The van der Waals surface area contributed by atoms with E-state index in [9.17, 15) is 18.5 Å². The third-order valence-corrected chi connectivity index (χ3v) is 5.57. The lowest BCUT2D eigenvalue weighted by Gasteiger charge is -2.28. The molecule has 0 radical (unpaired) electrons. The van der Waals surface area contributed by atoms with Gasteiger partial charge in [0.05, 0.1) is 14.8 Å². The van der Waals surface area contributed by atoms with Gasteiger partial charge in [-0.1, -0.05) is 25.4 Å². The molecule has 0 heterocycles. The standard InChI is InChI=1S/C13H20ClN3O4S/c1-9-11(14)5-10(6-12(9)17(18)19)22(20,21)16(4)8-13(2,3)7-15/h5-6H,7-8,15H2,1-4H3. The van der Waals surface area contributed by atoms with Gasteiger partial charge in [-0.05, 0) is 24.9 Å². The number of nitrogens with zero attached hydrogens (tertiary/aromatic N) is 2. The maximum absolute atomic E-state index is 12.6. The van der Waals surface area contributed by atoms with E-state index in [1.807, 2.05) is 13.8 Å². The van der Waals surface area contributed by atoms with Gasteiger partial charge in [-0.3, -0.25) is 10.1 Å². The van der Waals surface area contributed by atoms with Crippen molar-refractivity contribution in [3.8, 4) is 0 Å². The average molecular weight is 350 g/mol. The van der Waals surface area contributed by atoms with Crippen molar-refractivity contribution in [2.24, 2.45) is 11.1 Å². The van der Waals surface area contributed by atoms with Gasteiger partial charge < -0.3 is 5.73 Å². The minimum atomic E-state index is -3.89. The summed E-state index contributed by atoms with van der Waals surface area (Å²) >= 11 is 5.93. The van der Waals surface area contributed by atoms with E-state index in [0.717, 1.165) is 10.4 Å². The van der Waals surface area contributed by atoms with Crippen LogP contribution in [-0.4, -0.2) is 37.8 Å². The van der Waals surface area contributed by atoms with Gasteiger partial charge in [0, 0.05) is 25.2 Å². The molecule has 0 amide bonds. The van der Waals surface area contributed by atoms with Crippen molar-refractivity contribution in [2.45, 2.75) is 25.7 Å². The maximum Gasteiger partial charge on any atom is 0.275 e. The Labute approximate surface area is 135 Å². The van der Waals surface area contributed by atoms with Crippen LogP contribution in [-0.2, 0) is 10.0 Å². The number of hydrogen-bond acceptors (Lipinski definition) is 5. The molecule has 2 N–H and O–H groups in total. The third-order valence-electron chi connectivity index (χ3n) is 3.40. The zero-order chi connectivity index (χ0) is 17.3. The summed E-state index contributed by atoms with van der Waals surface area (Å²) in [5.41, 5.74) is 5.11. The summed E-state index contributed by atoms with van der Waals surface area (Å²) in [5, 5.41) is 11.1. The summed E-state index contributed by atoms with van der Waals surface area (Å²) < 4.78 is 26.3. The summed E-state index contributed by atoms with van der Waals surface area (Å²) in [6.07, 6.45) is 0. The van der Waals surface area contributed by atoms with Crippen LogP contribution in [0.5, 0.6) is 0 Å². The lowest BCUT2D eigenvalue weighted by Crippen LogP contribution is -2.39. The summed E-state index contributed by atoms with van der Waals surface area (Å²) in [5.74, 6) is 0. The van der Waals surface area contributed by atoms with Crippen LogP contribution in [0.1, 0.15) is 19.4 Å². The predicted molar refractivity (Wildman–Crippen MR) is 85.5 cm³/mol. The lowest BCUT2D eigenvalue weighted by molar-refractivity contribution is -0.385. The largest absolute Gasteiger partial charge is 0.330 e. The first-order valence-electron chi connectivity index (χ1n) is 6.53. The number of sulfonamides is 1. The molecule has 22 heavy (non-hydrogen) atoms. The van der Waals surface area contributed by atoms with Crippen molar-refractivity contribution >= 4 is 27.3 Å². The van der Waals surface area contributed by atoms with Gasteiger partial charge in [0.15, 0.2) is 0 Å². The van der Waals surface area contributed by atoms with Gasteiger partial charge in [0.25, 0.3) is 5.69 Å². The molecule has 7 nitrogen and oxygen atoms in total. The highest BCUT2D eigenvalue weighted by Crippen LogP contribution is 2.31. The van der Waals surface area contributed by atoms with E-state index in [0.29, 0.717) is 6.54 Å². The van der Waals surface area contributed by atoms with Crippen LogP contribution in [0.2, 0.25) is 5.02 Å². The van der Waals surface area contributed by atoms with Crippen molar-refractivity contribution in [3.05, 3.63) is 32.8 Å². The minimum Gasteiger partial charge on any atom is -0.330 e. The molecule has 124 valence electrons. The summed E-state index contributed by atoms with van der Waals surface area (Å²) in [6, 6.07) is 2.26. The molecule has 1 rings (SSSR count). The van der Waals surface area contributed by atoms with Crippen LogP contribution in [0.25, 0.3) is 0 Å². The molecule has 0 aliphatic heterocycles. The molecule has 0 saturated carbocycles. The quantitative estimate of drug-likeness (QED) is 0.625. The lowest BCUT2D eigenvalue weighted by atomic mass is 9.94. The Morgan fingerprint density at radius 3 is 2.41 bits per heavy atom. The highest BCUT2D eigenvalue weighted by Gasteiger charge is 2.29. The van der Waals surface area contributed by atoms with Crippen LogP contribution < -0.4 is 5.73 Å². The third kappa shape index (κ3) is 3.95. The topological polar surface area (TPSA) is 107 Å².